The molecule has 1 aromatic rings. The van der Waals surface area contributed by atoms with E-state index in [9.17, 15) is 5.11 Å². The second kappa shape index (κ2) is 5.67. The van der Waals surface area contributed by atoms with Crippen LogP contribution in [0.3, 0.4) is 0 Å². The summed E-state index contributed by atoms with van der Waals surface area (Å²) in [6, 6.07) is 0.290. The summed E-state index contributed by atoms with van der Waals surface area (Å²) in [6.45, 7) is 6.14. The Hall–Kier alpha value is -1.13. The highest BCUT2D eigenvalue weighted by molar-refractivity contribution is 5.41. The number of rotatable bonds is 4. The number of likely N-dealkylation sites (tertiary alicyclic amines) is 1. The Morgan fingerprint density at radius 1 is 1.50 bits per heavy atom. The fraction of sp³-hybridized carbons (Fsp3) is 0.643. The maximum atomic E-state index is 9.34. The highest BCUT2D eigenvalue weighted by Gasteiger charge is 2.25. The molecule has 2 heterocycles. The number of hydrogen-bond donors (Lipinski definition) is 1. The van der Waals surface area contributed by atoms with E-state index >= 15 is 0 Å². The lowest BCUT2D eigenvalue weighted by atomic mass is 10.1. The van der Waals surface area contributed by atoms with Crippen molar-refractivity contribution in [2.45, 2.75) is 39.3 Å². The van der Waals surface area contributed by atoms with Crippen LogP contribution in [-0.2, 0) is 6.54 Å². The van der Waals surface area contributed by atoms with Crippen LogP contribution in [0.4, 0.5) is 0 Å². The number of ether oxygens (including phenoxy) is 1. The molecule has 0 amide bonds. The van der Waals surface area contributed by atoms with Crippen molar-refractivity contribution in [2.75, 3.05) is 20.3 Å². The first kappa shape index (κ1) is 13.3. The molecule has 1 saturated heterocycles. The Morgan fingerprint density at radius 2 is 2.28 bits per heavy atom. The van der Waals surface area contributed by atoms with Gasteiger partial charge < -0.3 is 9.84 Å². The van der Waals surface area contributed by atoms with Crippen molar-refractivity contribution >= 4 is 0 Å². The number of aliphatic hydroxyl groups excluding tert-OH is 1. The van der Waals surface area contributed by atoms with Crippen molar-refractivity contribution in [2.24, 2.45) is 0 Å². The fourth-order valence-electron chi connectivity index (χ4n) is 2.73. The number of aromatic nitrogens is 1. The number of hydrogen-bond acceptors (Lipinski definition) is 4. The summed E-state index contributed by atoms with van der Waals surface area (Å²) in [5.41, 5.74) is 3.23. The van der Waals surface area contributed by atoms with Crippen LogP contribution in [0.25, 0.3) is 0 Å². The van der Waals surface area contributed by atoms with E-state index < -0.39 is 0 Å². The Balaban J connectivity index is 2.19. The predicted molar refractivity (Wildman–Crippen MR) is 70.8 cm³/mol. The smallest absolute Gasteiger partial charge is 0.128 e. The van der Waals surface area contributed by atoms with Crippen LogP contribution in [0.2, 0.25) is 0 Å². The molecule has 0 radical (unpaired) electrons. The number of pyridine rings is 1. The molecule has 100 valence electrons. The highest BCUT2D eigenvalue weighted by atomic mass is 16.5. The maximum Gasteiger partial charge on any atom is 0.128 e. The third-order valence-electron chi connectivity index (χ3n) is 3.81. The van der Waals surface area contributed by atoms with Gasteiger partial charge in [0.1, 0.15) is 5.75 Å². The lowest BCUT2D eigenvalue weighted by Gasteiger charge is -2.23. The van der Waals surface area contributed by atoms with Crippen LogP contribution >= 0.6 is 0 Å². The molecule has 4 nitrogen and oxygen atoms in total. The minimum Gasteiger partial charge on any atom is -0.496 e. The Labute approximate surface area is 109 Å². The zero-order chi connectivity index (χ0) is 13.1. The van der Waals surface area contributed by atoms with E-state index in [4.69, 9.17) is 4.74 Å². The lowest BCUT2D eigenvalue weighted by Crippen LogP contribution is -2.32. The number of aryl methyl sites for hydroxylation is 1. The van der Waals surface area contributed by atoms with Gasteiger partial charge in [0.15, 0.2) is 0 Å². The molecule has 1 atom stereocenters. The van der Waals surface area contributed by atoms with Gasteiger partial charge in [-0.1, -0.05) is 0 Å². The highest BCUT2D eigenvalue weighted by Crippen LogP contribution is 2.26. The summed E-state index contributed by atoms with van der Waals surface area (Å²) in [5, 5.41) is 9.34. The maximum absolute atomic E-state index is 9.34. The topological polar surface area (TPSA) is 45.6 Å². The third kappa shape index (κ3) is 2.49. The minimum atomic E-state index is 0.238. The summed E-state index contributed by atoms with van der Waals surface area (Å²) in [7, 11) is 1.70. The van der Waals surface area contributed by atoms with Crippen LogP contribution in [0, 0.1) is 13.8 Å². The van der Waals surface area contributed by atoms with Crippen molar-refractivity contribution in [3.8, 4) is 5.75 Å². The summed E-state index contributed by atoms with van der Waals surface area (Å²) in [4.78, 5) is 6.82. The van der Waals surface area contributed by atoms with Gasteiger partial charge in [0, 0.05) is 29.9 Å². The third-order valence-corrected chi connectivity index (χ3v) is 3.81. The molecule has 1 aliphatic heterocycles. The molecule has 1 aromatic heterocycles. The molecule has 0 unspecified atom stereocenters. The van der Waals surface area contributed by atoms with Crippen LogP contribution in [0.15, 0.2) is 6.20 Å². The Kier molecular flexibility index (Phi) is 4.19. The first-order valence-corrected chi connectivity index (χ1v) is 6.51. The normalized spacial score (nSPS) is 20.3. The summed E-state index contributed by atoms with van der Waals surface area (Å²) in [5.74, 6) is 0.930. The van der Waals surface area contributed by atoms with Crippen LogP contribution in [0.5, 0.6) is 5.75 Å². The Bertz CT molecular complexity index is 421. The lowest BCUT2D eigenvalue weighted by molar-refractivity contribution is 0.152. The SMILES string of the molecule is COc1c(C)cnc(CN2CCC[C@H]2CO)c1C. The molecular formula is C14H22N2O2. The van der Waals surface area contributed by atoms with Gasteiger partial charge in [-0.05, 0) is 33.2 Å². The quantitative estimate of drug-likeness (QED) is 0.883. The van der Waals surface area contributed by atoms with Gasteiger partial charge in [0.2, 0.25) is 0 Å². The standard InChI is InChI=1S/C14H22N2O2/c1-10-7-15-13(11(2)14(10)18-3)8-16-6-4-5-12(16)9-17/h7,12,17H,4-6,8-9H2,1-3H3/t12-/m0/s1. The van der Waals surface area contributed by atoms with Gasteiger partial charge in [-0.25, -0.2) is 0 Å². The van der Waals surface area contributed by atoms with Crippen LogP contribution in [-0.4, -0.2) is 41.3 Å². The van der Waals surface area contributed by atoms with E-state index in [0.29, 0.717) is 6.04 Å². The molecule has 4 heteroatoms. The molecule has 1 fully saturated rings. The Morgan fingerprint density at radius 3 is 2.94 bits per heavy atom. The van der Waals surface area contributed by atoms with Crippen LogP contribution < -0.4 is 4.74 Å². The largest absolute Gasteiger partial charge is 0.496 e. The van der Waals surface area contributed by atoms with Crippen molar-refractivity contribution in [1.82, 2.24) is 9.88 Å². The molecule has 0 aromatic carbocycles. The van der Waals surface area contributed by atoms with E-state index in [1.54, 1.807) is 7.11 Å². The molecule has 0 bridgehead atoms. The fourth-order valence-corrected chi connectivity index (χ4v) is 2.73. The summed E-state index contributed by atoms with van der Waals surface area (Å²) < 4.78 is 5.43. The molecule has 1 N–H and O–H groups in total. The second-order valence-corrected chi connectivity index (χ2v) is 5.00. The van der Waals surface area contributed by atoms with Crippen LogP contribution in [0.1, 0.15) is 29.7 Å². The minimum absolute atomic E-state index is 0.238. The summed E-state index contributed by atoms with van der Waals surface area (Å²) >= 11 is 0. The van der Waals surface area contributed by atoms with E-state index in [1.807, 2.05) is 13.1 Å². The summed E-state index contributed by atoms with van der Waals surface area (Å²) in [6.07, 6.45) is 4.11. The monoisotopic (exact) mass is 250 g/mol. The molecule has 0 spiro atoms. The molecule has 0 aliphatic carbocycles. The van der Waals surface area contributed by atoms with E-state index in [0.717, 1.165) is 48.5 Å². The first-order valence-electron chi connectivity index (χ1n) is 6.51. The van der Waals surface area contributed by atoms with E-state index in [2.05, 4.69) is 16.8 Å². The predicted octanol–water partition coefficient (Wildman–Crippen LogP) is 1.66. The average Bonchev–Trinajstić information content (AvgIpc) is 2.81. The van der Waals surface area contributed by atoms with Crippen molar-refractivity contribution in [3.05, 3.63) is 23.0 Å². The molecule has 18 heavy (non-hydrogen) atoms. The van der Waals surface area contributed by atoms with Gasteiger partial charge >= 0.3 is 0 Å². The molecule has 0 saturated carbocycles. The first-order chi connectivity index (χ1) is 8.67. The average molecular weight is 250 g/mol. The second-order valence-electron chi connectivity index (χ2n) is 5.00. The van der Waals surface area contributed by atoms with E-state index in [1.165, 1.54) is 0 Å². The molecule has 1 aliphatic rings. The van der Waals surface area contributed by atoms with Gasteiger partial charge in [-0.2, -0.15) is 0 Å². The van der Waals surface area contributed by atoms with Gasteiger partial charge in [0.25, 0.3) is 0 Å². The zero-order valence-electron chi connectivity index (χ0n) is 11.4. The van der Waals surface area contributed by atoms with Crippen molar-refractivity contribution in [1.29, 1.82) is 0 Å². The van der Waals surface area contributed by atoms with Gasteiger partial charge in [-0.3, -0.25) is 9.88 Å². The van der Waals surface area contributed by atoms with Gasteiger partial charge in [-0.15, -0.1) is 0 Å². The zero-order valence-corrected chi connectivity index (χ0v) is 11.4. The van der Waals surface area contributed by atoms with Crippen molar-refractivity contribution in [3.63, 3.8) is 0 Å². The molecular weight excluding hydrogens is 228 g/mol. The number of methoxy groups -OCH3 is 1. The van der Waals surface area contributed by atoms with Gasteiger partial charge in [0.05, 0.1) is 19.4 Å². The number of nitrogens with zero attached hydrogens (tertiary/aromatic N) is 2. The van der Waals surface area contributed by atoms with Crippen molar-refractivity contribution < 1.29 is 9.84 Å². The van der Waals surface area contributed by atoms with E-state index in [-0.39, 0.29) is 6.61 Å². The number of aliphatic hydroxyl groups is 1. The molecule has 2 rings (SSSR count).